The van der Waals surface area contributed by atoms with Gasteiger partial charge in [-0.3, -0.25) is 4.79 Å². The fourth-order valence-electron chi connectivity index (χ4n) is 3.81. The molecule has 126 valence electrons. The van der Waals surface area contributed by atoms with E-state index in [1.165, 1.54) is 26.4 Å². The van der Waals surface area contributed by atoms with Gasteiger partial charge in [0, 0.05) is 6.54 Å². The molecule has 3 rings (SSSR count). The van der Waals surface area contributed by atoms with Gasteiger partial charge < -0.3 is 19.9 Å². The molecular formula is C18H25NO4. The molecule has 1 saturated heterocycles. The standard InChI is InChI=1S/C18H25NO4/c1-22-17(21)8-16(20)14-3-2-4-15(7-14)23-11-13-9-18(10-13)5-6-19-12-18/h2-4,7,13,16,19-20H,5-6,8-12H2,1H3/t13?,16-,18?/m1/s1. The molecule has 0 amide bonds. The molecule has 5 heteroatoms. The van der Waals surface area contributed by atoms with Crippen LogP contribution in [0.1, 0.15) is 37.4 Å². The summed E-state index contributed by atoms with van der Waals surface area (Å²) in [5.74, 6) is 0.948. The number of esters is 1. The predicted molar refractivity (Wildman–Crippen MR) is 86.2 cm³/mol. The van der Waals surface area contributed by atoms with E-state index in [9.17, 15) is 9.90 Å². The smallest absolute Gasteiger partial charge is 0.308 e. The number of aliphatic hydroxyl groups is 1. The van der Waals surface area contributed by atoms with Crippen LogP contribution in [0.15, 0.2) is 24.3 Å². The third kappa shape index (κ3) is 3.85. The normalized spacial score (nSPS) is 27.5. The Bertz CT molecular complexity index is 546. The summed E-state index contributed by atoms with van der Waals surface area (Å²) >= 11 is 0. The molecule has 1 atom stereocenters. The van der Waals surface area contributed by atoms with E-state index in [4.69, 9.17) is 4.74 Å². The van der Waals surface area contributed by atoms with Crippen LogP contribution in [-0.2, 0) is 9.53 Å². The first-order valence-electron chi connectivity index (χ1n) is 8.29. The van der Waals surface area contributed by atoms with Gasteiger partial charge in [-0.25, -0.2) is 0 Å². The van der Waals surface area contributed by atoms with Gasteiger partial charge in [-0.15, -0.1) is 0 Å². The van der Waals surface area contributed by atoms with E-state index < -0.39 is 12.1 Å². The Balaban J connectivity index is 1.49. The SMILES string of the molecule is COC(=O)C[C@@H](O)c1cccc(OCC2CC3(CCNC3)C2)c1. The average Bonchev–Trinajstić information content (AvgIpc) is 3.01. The van der Waals surface area contributed by atoms with E-state index in [1.54, 1.807) is 12.1 Å². The Hall–Kier alpha value is -1.59. The van der Waals surface area contributed by atoms with Gasteiger partial charge in [0.2, 0.25) is 0 Å². The lowest BCUT2D eigenvalue weighted by Gasteiger charge is -2.44. The van der Waals surface area contributed by atoms with Gasteiger partial charge in [-0.05, 0) is 54.8 Å². The summed E-state index contributed by atoms with van der Waals surface area (Å²) in [5.41, 5.74) is 1.21. The number of aliphatic hydroxyl groups excluding tert-OH is 1. The lowest BCUT2D eigenvalue weighted by Crippen LogP contribution is -2.41. The van der Waals surface area contributed by atoms with Gasteiger partial charge in [-0.2, -0.15) is 0 Å². The van der Waals surface area contributed by atoms with Gasteiger partial charge >= 0.3 is 5.97 Å². The maximum Gasteiger partial charge on any atom is 0.308 e. The lowest BCUT2D eigenvalue weighted by molar-refractivity contribution is -0.142. The van der Waals surface area contributed by atoms with Crippen molar-refractivity contribution >= 4 is 5.97 Å². The second-order valence-electron chi connectivity index (χ2n) is 6.88. The highest BCUT2D eigenvalue weighted by molar-refractivity contribution is 5.70. The third-order valence-corrected chi connectivity index (χ3v) is 5.09. The molecule has 1 spiro atoms. The van der Waals surface area contributed by atoms with Crippen LogP contribution in [0.25, 0.3) is 0 Å². The van der Waals surface area contributed by atoms with E-state index in [-0.39, 0.29) is 6.42 Å². The quantitative estimate of drug-likeness (QED) is 0.786. The summed E-state index contributed by atoms with van der Waals surface area (Å²) in [6.45, 7) is 3.02. The zero-order valence-corrected chi connectivity index (χ0v) is 13.6. The highest BCUT2D eigenvalue weighted by Crippen LogP contribution is 2.49. The molecule has 1 saturated carbocycles. The predicted octanol–water partition coefficient (Wildman–Crippen LogP) is 2.05. The summed E-state index contributed by atoms with van der Waals surface area (Å²) < 4.78 is 10.5. The number of rotatable bonds is 6. The first-order valence-corrected chi connectivity index (χ1v) is 8.29. The molecule has 2 fully saturated rings. The highest BCUT2D eigenvalue weighted by atomic mass is 16.5. The number of carbonyl (C=O) groups excluding carboxylic acids is 1. The first-order chi connectivity index (χ1) is 11.1. The van der Waals surface area contributed by atoms with Gasteiger partial charge in [0.25, 0.3) is 0 Å². The molecule has 0 radical (unpaired) electrons. The summed E-state index contributed by atoms with van der Waals surface area (Å²) in [6.07, 6.45) is 2.87. The monoisotopic (exact) mass is 319 g/mol. The van der Waals surface area contributed by atoms with Gasteiger partial charge in [0.05, 0.1) is 26.2 Å². The number of carbonyl (C=O) groups is 1. The molecule has 0 aromatic heterocycles. The number of nitrogens with one attached hydrogen (secondary N) is 1. The Labute approximate surface area is 137 Å². The largest absolute Gasteiger partial charge is 0.493 e. The molecule has 1 heterocycles. The van der Waals surface area contributed by atoms with Gasteiger partial charge in [0.15, 0.2) is 0 Å². The van der Waals surface area contributed by atoms with Crippen molar-refractivity contribution in [1.29, 1.82) is 0 Å². The Kier molecular flexibility index (Phi) is 4.87. The van der Waals surface area contributed by atoms with E-state index in [0.717, 1.165) is 25.4 Å². The molecule has 0 unspecified atom stereocenters. The third-order valence-electron chi connectivity index (χ3n) is 5.09. The van der Waals surface area contributed by atoms with E-state index in [1.807, 2.05) is 12.1 Å². The van der Waals surface area contributed by atoms with Crippen LogP contribution in [0, 0.1) is 11.3 Å². The van der Waals surface area contributed by atoms with Crippen molar-refractivity contribution in [2.45, 2.75) is 31.8 Å². The Morgan fingerprint density at radius 3 is 3.00 bits per heavy atom. The molecule has 2 aliphatic rings. The summed E-state index contributed by atoms with van der Waals surface area (Å²) in [7, 11) is 1.32. The second-order valence-corrected chi connectivity index (χ2v) is 6.88. The summed E-state index contributed by atoms with van der Waals surface area (Å²) in [4.78, 5) is 11.2. The van der Waals surface area contributed by atoms with Crippen molar-refractivity contribution in [2.75, 3.05) is 26.8 Å². The van der Waals surface area contributed by atoms with Gasteiger partial charge in [-0.1, -0.05) is 12.1 Å². The highest BCUT2D eigenvalue weighted by Gasteiger charge is 2.45. The van der Waals surface area contributed by atoms with Crippen LogP contribution in [0.3, 0.4) is 0 Å². The van der Waals surface area contributed by atoms with Crippen LogP contribution in [0.2, 0.25) is 0 Å². The zero-order valence-electron chi connectivity index (χ0n) is 13.6. The maximum absolute atomic E-state index is 11.2. The minimum absolute atomic E-state index is 0.0436. The molecule has 1 aromatic carbocycles. The number of hydrogen-bond acceptors (Lipinski definition) is 5. The van der Waals surface area contributed by atoms with Crippen molar-refractivity contribution in [3.8, 4) is 5.75 Å². The topological polar surface area (TPSA) is 67.8 Å². The van der Waals surface area contributed by atoms with E-state index in [2.05, 4.69) is 10.1 Å². The van der Waals surface area contributed by atoms with Crippen molar-refractivity contribution in [1.82, 2.24) is 5.32 Å². The van der Waals surface area contributed by atoms with Crippen molar-refractivity contribution < 1.29 is 19.4 Å². The Morgan fingerprint density at radius 2 is 2.30 bits per heavy atom. The van der Waals surface area contributed by atoms with Crippen molar-refractivity contribution in [3.63, 3.8) is 0 Å². The van der Waals surface area contributed by atoms with Crippen molar-refractivity contribution in [3.05, 3.63) is 29.8 Å². The van der Waals surface area contributed by atoms with Crippen molar-refractivity contribution in [2.24, 2.45) is 11.3 Å². The van der Waals surface area contributed by atoms with Crippen LogP contribution in [0.5, 0.6) is 5.75 Å². The van der Waals surface area contributed by atoms with Crippen LogP contribution in [-0.4, -0.2) is 37.9 Å². The summed E-state index contributed by atoms with van der Waals surface area (Å²) in [6, 6.07) is 7.33. The zero-order chi connectivity index (χ0) is 16.3. The fourth-order valence-corrected chi connectivity index (χ4v) is 3.81. The second kappa shape index (κ2) is 6.89. The lowest BCUT2D eigenvalue weighted by atomic mass is 9.62. The average molecular weight is 319 g/mol. The minimum atomic E-state index is -0.859. The first kappa shape index (κ1) is 16.3. The van der Waals surface area contributed by atoms with Crippen LogP contribution < -0.4 is 10.1 Å². The van der Waals surface area contributed by atoms with Gasteiger partial charge in [0.1, 0.15) is 5.75 Å². The number of hydrogen-bond donors (Lipinski definition) is 2. The molecule has 1 aliphatic carbocycles. The molecule has 23 heavy (non-hydrogen) atoms. The molecule has 5 nitrogen and oxygen atoms in total. The van der Waals surface area contributed by atoms with E-state index in [0.29, 0.717) is 16.9 Å². The molecule has 2 N–H and O–H groups in total. The number of benzene rings is 1. The molecule has 1 aliphatic heterocycles. The van der Waals surface area contributed by atoms with E-state index >= 15 is 0 Å². The summed E-state index contributed by atoms with van der Waals surface area (Å²) in [5, 5.41) is 13.5. The fraction of sp³-hybridized carbons (Fsp3) is 0.611. The maximum atomic E-state index is 11.2. The molecule has 1 aromatic rings. The van der Waals surface area contributed by atoms with Crippen LogP contribution in [0.4, 0.5) is 0 Å². The van der Waals surface area contributed by atoms with Crippen LogP contribution >= 0.6 is 0 Å². The number of ether oxygens (including phenoxy) is 2. The molecule has 0 bridgehead atoms. The minimum Gasteiger partial charge on any atom is -0.493 e. The molecular weight excluding hydrogens is 294 g/mol. The Morgan fingerprint density at radius 1 is 1.48 bits per heavy atom. The number of methoxy groups -OCH3 is 1.